The van der Waals surface area contributed by atoms with Crippen molar-refractivity contribution in [2.75, 3.05) is 0 Å². The van der Waals surface area contributed by atoms with Crippen molar-refractivity contribution in [1.29, 1.82) is 0 Å². The number of hydrogen-bond acceptors (Lipinski definition) is 4. The van der Waals surface area contributed by atoms with E-state index in [1.165, 1.54) is 10.8 Å². The van der Waals surface area contributed by atoms with Crippen molar-refractivity contribution in [1.82, 2.24) is 29.1 Å². The molecule has 0 aliphatic carbocycles. The summed E-state index contributed by atoms with van der Waals surface area (Å²) in [7, 11) is 0. The first-order valence-electron chi connectivity index (χ1n) is 16.1. The molecule has 0 unspecified atom stereocenters. The number of benzene rings is 5. The van der Waals surface area contributed by atoms with Crippen LogP contribution in [0.4, 0.5) is 0 Å². The third-order valence-electron chi connectivity index (χ3n) is 9.76. The van der Waals surface area contributed by atoms with Crippen LogP contribution in [-0.2, 0) is 0 Å². The van der Waals surface area contributed by atoms with E-state index < -0.39 is 0 Å². The van der Waals surface area contributed by atoms with Crippen LogP contribution in [0.2, 0.25) is 0 Å². The van der Waals surface area contributed by atoms with E-state index in [4.69, 9.17) is 19.9 Å². The molecule has 6 heteroatoms. The van der Waals surface area contributed by atoms with Gasteiger partial charge in [0.1, 0.15) is 11.6 Å². The summed E-state index contributed by atoms with van der Waals surface area (Å²) in [6, 6.07) is 47.0. The maximum atomic E-state index is 5.27. The Labute approximate surface area is 273 Å². The molecule has 6 heterocycles. The van der Waals surface area contributed by atoms with Crippen molar-refractivity contribution in [3.8, 4) is 11.6 Å². The molecule has 0 saturated carbocycles. The van der Waals surface area contributed by atoms with Gasteiger partial charge in [-0.05, 0) is 60.7 Å². The van der Waals surface area contributed by atoms with E-state index in [9.17, 15) is 0 Å². The van der Waals surface area contributed by atoms with Gasteiger partial charge in [0, 0.05) is 55.5 Å². The predicted molar refractivity (Wildman–Crippen MR) is 196 cm³/mol. The summed E-state index contributed by atoms with van der Waals surface area (Å²) in [6.45, 7) is 0. The first-order valence-corrected chi connectivity index (χ1v) is 16.1. The SMILES string of the molecule is c1cnc2c(c1)ccc1ccc(-n3c4ccccc4c4cc5c(cc43)c3ccccc3n5-c3ccc4ccc5cccnc5c4n3)nc12. The number of fused-ring (bicyclic) bond motifs is 12. The van der Waals surface area contributed by atoms with Crippen molar-refractivity contribution in [3.63, 3.8) is 0 Å². The van der Waals surface area contributed by atoms with Crippen molar-refractivity contribution in [2.24, 2.45) is 0 Å². The molecule has 0 N–H and O–H groups in total. The Bertz CT molecular complexity index is 2920. The summed E-state index contributed by atoms with van der Waals surface area (Å²) >= 11 is 0. The monoisotopic (exact) mass is 612 g/mol. The Balaban J connectivity index is 1.24. The van der Waals surface area contributed by atoms with E-state index in [0.29, 0.717) is 0 Å². The smallest absolute Gasteiger partial charge is 0.138 e. The second-order valence-corrected chi connectivity index (χ2v) is 12.4. The highest BCUT2D eigenvalue weighted by Crippen LogP contribution is 2.40. The minimum absolute atomic E-state index is 0.866. The van der Waals surface area contributed by atoms with E-state index in [2.05, 4.69) is 130 Å². The zero-order chi connectivity index (χ0) is 31.3. The molecule has 0 saturated heterocycles. The molecule has 0 amide bonds. The number of pyridine rings is 4. The molecular formula is C42H24N6. The van der Waals surface area contributed by atoms with Crippen molar-refractivity contribution in [2.45, 2.75) is 0 Å². The van der Waals surface area contributed by atoms with Gasteiger partial charge in [-0.2, -0.15) is 0 Å². The summed E-state index contributed by atoms with van der Waals surface area (Å²) in [6.07, 6.45) is 3.68. The molecule has 0 bridgehead atoms. The van der Waals surface area contributed by atoms with Gasteiger partial charge >= 0.3 is 0 Å². The standard InChI is InChI=1S/C42H24N6/c1-3-11-33-29(9-1)31-23-36-32(24-35(31)47(33)37-19-17-27-15-13-25-7-5-21-43-39(25)41(27)45-37)30-10-2-4-12-34(30)48(36)38-20-18-28-16-14-26-8-6-22-44-40(26)42(28)46-38/h1-24H. The van der Waals surface area contributed by atoms with Crippen molar-refractivity contribution < 1.29 is 0 Å². The van der Waals surface area contributed by atoms with E-state index in [1.807, 2.05) is 24.5 Å². The molecule has 0 radical (unpaired) electrons. The lowest BCUT2D eigenvalue weighted by molar-refractivity contribution is 1.10. The van der Waals surface area contributed by atoms with Gasteiger partial charge in [0.25, 0.3) is 0 Å². The number of hydrogen-bond donors (Lipinski definition) is 0. The molecule has 0 aliphatic rings. The van der Waals surface area contributed by atoms with E-state index >= 15 is 0 Å². The fourth-order valence-corrected chi connectivity index (χ4v) is 7.60. The Morgan fingerprint density at radius 3 is 1.23 bits per heavy atom. The molecule has 48 heavy (non-hydrogen) atoms. The molecule has 0 atom stereocenters. The molecule has 11 rings (SSSR count). The largest absolute Gasteiger partial charge is 0.294 e. The highest BCUT2D eigenvalue weighted by molar-refractivity contribution is 6.19. The molecule has 5 aromatic carbocycles. The summed E-state index contributed by atoms with van der Waals surface area (Å²) < 4.78 is 4.59. The number of rotatable bonds is 2. The minimum Gasteiger partial charge on any atom is -0.294 e. The van der Waals surface area contributed by atoms with Gasteiger partial charge in [-0.15, -0.1) is 0 Å². The zero-order valence-corrected chi connectivity index (χ0v) is 25.5. The van der Waals surface area contributed by atoms with Crippen molar-refractivity contribution in [3.05, 3.63) is 146 Å². The van der Waals surface area contributed by atoms with Crippen LogP contribution in [0.25, 0.3) is 98.9 Å². The molecule has 222 valence electrons. The summed E-state index contributed by atoms with van der Waals surface area (Å²) in [5, 5.41) is 8.97. The normalized spacial score (nSPS) is 12.2. The van der Waals surface area contributed by atoms with Crippen LogP contribution in [0.5, 0.6) is 0 Å². The lowest BCUT2D eigenvalue weighted by atomic mass is 10.1. The van der Waals surface area contributed by atoms with E-state index in [-0.39, 0.29) is 0 Å². The zero-order valence-electron chi connectivity index (χ0n) is 25.5. The van der Waals surface area contributed by atoms with E-state index in [0.717, 1.165) is 88.1 Å². The number of nitrogens with zero attached hydrogens (tertiary/aromatic N) is 6. The average molecular weight is 613 g/mol. The minimum atomic E-state index is 0.866. The quantitative estimate of drug-likeness (QED) is 0.182. The van der Waals surface area contributed by atoms with E-state index in [1.54, 1.807) is 0 Å². The topological polar surface area (TPSA) is 61.4 Å². The second-order valence-electron chi connectivity index (χ2n) is 12.4. The third-order valence-corrected chi connectivity index (χ3v) is 9.76. The van der Waals surface area contributed by atoms with Crippen molar-refractivity contribution >= 4 is 87.2 Å². The molecular weight excluding hydrogens is 589 g/mol. The van der Waals surface area contributed by atoms with Gasteiger partial charge in [0.05, 0.1) is 44.1 Å². The molecule has 0 fully saturated rings. The summed E-state index contributed by atoms with van der Waals surface area (Å²) in [4.78, 5) is 20.0. The summed E-state index contributed by atoms with van der Waals surface area (Å²) in [5.74, 6) is 1.73. The van der Waals surface area contributed by atoms with Crippen LogP contribution in [0.3, 0.4) is 0 Å². The number of para-hydroxylation sites is 2. The van der Waals surface area contributed by atoms with Gasteiger partial charge in [0.15, 0.2) is 0 Å². The van der Waals surface area contributed by atoms with Gasteiger partial charge < -0.3 is 0 Å². The summed E-state index contributed by atoms with van der Waals surface area (Å²) in [5.41, 5.74) is 8.05. The third kappa shape index (κ3) is 3.46. The fourth-order valence-electron chi connectivity index (χ4n) is 7.60. The van der Waals surface area contributed by atoms with Crippen LogP contribution >= 0.6 is 0 Å². The Morgan fingerprint density at radius 2 is 0.750 bits per heavy atom. The second kappa shape index (κ2) is 9.44. The first-order chi connectivity index (χ1) is 23.8. The Kier molecular flexibility index (Phi) is 5.02. The molecule has 0 spiro atoms. The first kappa shape index (κ1) is 25.5. The molecule has 6 aromatic heterocycles. The maximum Gasteiger partial charge on any atom is 0.138 e. The van der Waals surface area contributed by atoms with Crippen LogP contribution in [0.1, 0.15) is 0 Å². The highest BCUT2D eigenvalue weighted by atomic mass is 15.1. The molecule has 6 nitrogen and oxygen atoms in total. The lowest BCUT2D eigenvalue weighted by Crippen LogP contribution is -1.99. The maximum absolute atomic E-state index is 5.27. The Hall–Kier alpha value is -6.66. The van der Waals surface area contributed by atoms with Gasteiger partial charge in [0.2, 0.25) is 0 Å². The predicted octanol–water partition coefficient (Wildman–Crippen LogP) is 10.1. The van der Waals surface area contributed by atoms with Crippen LogP contribution in [-0.4, -0.2) is 29.1 Å². The van der Waals surface area contributed by atoms with Gasteiger partial charge in [-0.25, -0.2) is 9.97 Å². The van der Waals surface area contributed by atoms with Crippen LogP contribution < -0.4 is 0 Å². The van der Waals surface area contributed by atoms with Gasteiger partial charge in [-0.1, -0.05) is 72.8 Å². The van der Waals surface area contributed by atoms with Crippen LogP contribution in [0.15, 0.2) is 146 Å². The lowest BCUT2D eigenvalue weighted by Gasteiger charge is -2.10. The fraction of sp³-hybridized carbons (Fsp3) is 0. The van der Waals surface area contributed by atoms with Crippen LogP contribution in [0, 0.1) is 0 Å². The van der Waals surface area contributed by atoms with Gasteiger partial charge in [-0.3, -0.25) is 19.1 Å². The molecule has 0 aliphatic heterocycles. The number of aromatic nitrogens is 6. The highest BCUT2D eigenvalue weighted by Gasteiger charge is 2.20. The molecule has 11 aromatic rings. The average Bonchev–Trinajstić information content (AvgIpc) is 3.65. The Morgan fingerprint density at radius 1 is 0.333 bits per heavy atom.